The summed E-state index contributed by atoms with van der Waals surface area (Å²) in [7, 11) is 3.29. The molecule has 0 fully saturated rings. The van der Waals surface area contributed by atoms with Crippen molar-refractivity contribution in [1.29, 1.82) is 0 Å². The number of ether oxygens (including phenoxy) is 2. The summed E-state index contributed by atoms with van der Waals surface area (Å²) < 4.78 is 10.4. The Morgan fingerprint density at radius 3 is 2.67 bits per heavy atom. The third kappa shape index (κ3) is 2.92. The first kappa shape index (κ1) is 12.0. The Balaban J connectivity index is 3.02. The van der Waals surface area contributed by atoms with Gasteiger partial charge in [0.25, 0.3) is 0 Å². The molecule has 0 spiro atoms. The summed E-state index contributed by atoms with van der Waals surface area (Å²) in [5, 5.41) is 0. The molecule has 0 amide bonds. The van der Waals surface area contributed by atoms with Crippen LogP contribution in [-0.4, -0.2) is 20.8 Å². The van der Waals surface area contributed by atoms with Gasteiger partial charge in [0.1, 0.15) is 5.75 Å². The predicted molar refractivity (Wildman–Crippen MR) is 59.7 cm³/mol. The predicted octanol–water partition coefficient (Wildman–Crippen LogP) is 1.15. The first-order valence-corrected chi connectivity index (χ1v) is 4.82. The largest absolute Gasteiger partial charge is 0.496 e. The molecule has 0 saturated carbocycles. The van der Waals surface area contributed by atoms with Gasteiger partial charge >= 0.3 is 0 Å². The molecule has 4 heteroatoms. The lowest BCUT2D eigenvalue weighted by Crippen LogP contribution is -2.31. The van der Waals surface area contributed by atoms with E-state index in [1.165, 1.54) is 5.56 Å². The topological polar surface area (TPSA) is 56.5 Å². The summed E-state index contributed by atoms with van der Waals surface area (Å²) in [5.74, 6) is 6.30. The first-order chi connectivity index (χ1) is 7.22. The summed E-state index contributed by atoms with van der Waals surface area (Å²) in [5.41, 5.74) is 4.90. The fourth-order valence-electron chi connectivity index (χ4n) is 1.52. The van der Waals surface area contributed by atoms with Crippen molar-refractivity contribution in [2.45, 2.75) is 13.0 Å². The fraction of sp³-hybridized carbons (Fsp3) is 0.455. The zero-order chi connectivity index (χ0) is 11.3. The van der Waals surface area contributed by atoms with E-state index in [2.05, 4.69) is 5.43 Å². The van der Waals surface area contributed by atoms with Crippen LogP contribution in [0.25, 0.3) is 0 Å². The van der Waals surface area contributed by atoms with Gasteiger partial charge in [0.15, 0.2) is 0 Å². The van der Waals surface area contributed by atoms with Gasteiger partial charge in [-0.2, -0.15) is 0 Å². The average Bonchev–Trinajstić information content (AvgIpc) is 2.26. The molecule has 1 atom stereocenters. The second kappa shape index (κ2) is 5.70. The van der Waals surface area contributed by atoms with E-state index in [1.807, 2.05) is 25.1 Å². The highest BCUT2D eigenvalue weighted by Gasteiger charge is 2.14. The lowest BCUT2D eigenvalue weighted by molar-refractivity contribution is 0.166. The molecule has 0 aliphatic carbocycles. The minimum absolute atomic E-state index is 0.0511. The highest BCUT2D eigenvalue weighted by Crippen LogP contribution is 2.25. The number of hydrogen-bond donors (Lipinski definition) is 2. The molecule has 1 rings (SSSR count). The molecule has 0 aliphatic heterocycles. The van der Waals surface area contributed by atoms with E-state index >= 15 is 0 Å². The van der Waals surface area contributed by atoms with Crippen molar-refractivity contribution < 1.29 is 9.47 Å². The second-order valence-corrected chi connectivity index (χ2v) is 3.42. The number of aryl methyl sites for hydroxylation is 1. The Hall–Kier alpha value is -1.10. The lowest BCUT2D eigenvalue weighted by Gasteiger charge is -2.18. The van der Waals surface area contributed by atoms with Crippen LogP contribution in [-0.2, 0) is 4.74 Å². The van der Waals surface area contributed by atoms with Crippen molar-refractivity contribution in [3.8, 4) is 5.75 Å². The molecule has 0 aromatic heterocycles. The number of hydrogen-bond acceptors (Lipinski definition) is 4. The van der Waals surface area contributed by atoms with E-state index in [4.69, 9.17) is 15.3 Å². The summed E-state index contributed by atoms with van der Waals surface area (Å²) in [6, 6.07) is 5.93. The standard InChI is InChI=1S/C11H18N2O2/c1-8-4-5-11(15-3)9(6-8)10(13-12)7-14-2/h4-6,10,13H,7,12H2,1-3H3. The maximum Gasteiger partial charge on any atom is 0.123 e. The second-order valence-electron chi connectivity index (χ2n) is 3.42. The highest BCUT2D eigenvalue weighted by molar-refractivity contribution is 5.39. The Labute approximate surface area is 90.3 Å². The molecule has 84 valence electrons. The number of nitrogens with one attached hydrogen (secondary N) is 1. The summed E-state index contributed by atoms with van der Waals surface area (Å²) in [6.07, 6.45) is 0. The number of rotatable bonds is 5. The molecule has 15 heavy (non-hydrogen) atoms. The summed E-state index contributed by atoms with van der Waals surface area (Å²) in [6.45, 7) is 2.54. The van der Waals surface area contributed by atoms with E-state index in [0.717, 1.165) is 11.3 Å². The maximum absolute atomic E-state index is 5.48. The summed E-state index contributed by atoms with van der Waals surface area (Å²) >= 11 is 0. The van der Waals surface area contributed by atoms with E-state index in [0.29, 0.717) is 6.61 Å². The van der Waals surface area contributed by atoms with Crippen LogP contribution in [0.1, 0.15) is 17.2 Å². The number of benzene rings is 1. The zero-order valence-electron chi connectivity index (χ0n) is 9.41. The van der Waals surface area contributed by atoms with Crippen LogP contribution in [0.4, 0.5) is 0 Å². The van der Waals surface area contributed by atoms with Gasteiger partial charge in [-0.05, 0) is 13.0 Å². The number of nitrogens with two attached hydrogens (primary N) is 1. The van der Waals surface area contributed by atoms with Gasteiger partial charge in [0.2, 0.25) is 0 Å². The van der Waals surface area contributed by atoms with Crippen molar-refractivity contribution in [3.63, 3.8) is 0 Å². The van der Waals surface area contributed by atoms with Crippen molar-refractivity contribution >= 4 is 0 Å². The quantitative estimate of drug-likeness (QED) is 0.565. The van der Waals surface area contributed by atoms with Crippen LogP contribution in [0, 0.1) is 6.92 Å². The van der Waals surface area contributed by atoms with Gasteiger partial charge in [-0.15, -0.1) is 0 Å². The molecule has 1 unspecified atom stereocenters. The molecule has 0 radical (unpaired) electrons. The van der Waals surface area contributed by atoms with Gasteiger partial charge in [-0.25, -0.2) is 0 Å². The van der Waals surface area contributed by atoms with Gasteiger partial charge < -0.3 is 9.47 Å². The minimum Gasteiger partial charge on any atom is -0.496 e. The van der Waals surface area contributed by atoms with Gasteiger partial charge in [0, 0.05) is 12.7 Å². The van der Waals surface area contributed by atoms with Gasteiger partial charge in [0.05, 0.1) is 19.8 Å². The monoisotopic (exact) mass is 210 g/mol. The van der Waals surface area contributed by atoms with Crippen LogP contribution in [0.3, 0.4) is 0 Å². The highest BCUT2D eigenvalue weighted by atomic mass is 16.5. The van der Waals surface area contributed by atoms with Gasteiger partial charge in [-0.3, -0.25) is 11.3 Å². The normalized spacial score (nSPS) is 12.5. The Morgan fingerprint density at radius 1 is 1.40 bits per heavy atom. The molecule has 0 aliphatic rings. The molecular weight excluding hydrogens is 192 g/mol. The van der Waals surface area contributed by atoms with Crippen molar-refractivity contribution in [1.82, 2.24) is 5.43 Å². The van der Waals surface area contributed by atoms with Crippen LogP contribution >= 0.6 is 0 Å². The molecule has 0 heterocycles. The fourth-order valence-corrected chi connectivity index (χ4v) is 1.52. The summed E-state index contributed by atoms with van der Waals surface area (Å²) in [4.78, 5) is 0. The van der Waals surface area contributed by atoms with Crippen molar-refractivity contribution in [2.75, 3.05) is 20.8 Å². The van der Waals surface area contributed by atoms with Crippen LogP contribution in [0.2, 0.25) is 0 Å². The Kier molecular flexibility index (Phi) is 4.55. The Bertz CT molecular complexity index is 315. The van der Waals surface area contributed by atoms with Crippen LogP contribution in [0.5, 0.6) is 5.75 Å². The molecule has 3 N–H and O–H groups in total. The molecule has 4 nitrogen and oxygen atoms in total. The molecule has 1 aromatic rings. The molecule has 0 bridgehead atoms. The van der Waals surface area contributed by atoms with Crippen molar-refractivity contribution in [3.05, 3.63) is 29.3 Å². The SMILES string of the molecule is COCC(NN)c1cc(C)ccc1OC. The third-order valence-corrected chi connectivity index (χ3v) is 2.30. The number of methoxy groups -OCH3 is 2. The Morgan fingerprint density at radius 2 is 2.13 bits per heavy atom. The smallest absolute Gasteiger partial charge is 0.123 e. The molecule has 1 aromatic carbocycles. The zero-order valence-corrected chi connectivity index (χ0v) is 9.41. The van der Waals surface area contributed by atoms with Crippen molar-refractivity contribution in [2.24, 2.45) is 5.84 Å². The van der Waals surface area contributed by atoms with E-state index in [1.54, 1.807) is 14.2 Å². The van der Waals surface area contributed by atoms with E-state index < -0.39 is 0 Å². The van der Waals surface area contributed by atoms with Gasteiger partial charge in [-0.1, -0.05) is 17.7 Å². The minimum atomic E-state index is -0.0511. The number of hydrazine groups is 1. The average molecular weight is 210 g/mol. The van der Waals surface area contributed by atoms with E-state index in [9.17, 15) is 0 Å². The molecule has 0 saturated heterocycles. The third-order valence-electron chi connectivity index (χ3n) is 2.30. The molecular formula is C11H18N2O2. The van der Waals surface area contributed by atoms with Crippen LogP contribution < -0.4 is 16.0 Å². The van der Waals surface area contributed by atoms with E-state index in [-0.39, 0.29) is 6.04 Å². The van der Waals surface area contributed by atoms with Crippen LogP contribution in [0.15, 0.2) is 18.2 Å². The first-order valence-electron chi connectivity index (χ1n) is 4.82. The lowest BCUT2D eigenvalue weighted by atomic mass is 10.0. The maximum atomic E-state index is 5.48.